The summed E-state index contributed by atoms with van der Waals surface area (Å²) < 4.78 is 0. The van der Waals surface area contributed by atoms with Gasteiger partial charge < -0.3 is 5.11 Å². The minimum atomic E-state index is -0.921. The van der Waals surface area contributed by atoms with E-state index >= 15 is 0 Å². The monoisotopic (exact) mass is 244 g/mol. The number of carbonyl (C=O) groups is 1. The fraction of sp³-hybridized carbons (Fsp3) is 0.0714. The minimum Gasteiger partial charge on any atom is -0.478 e. The normalized spacial score (nSPS) is 10.9. The standard InChI is InChI=1S/C14H12O2S/c1-10-2-4-11(5-3-10)13-8-6-12(17-13)7-9-14(15)16/h2-9H,1H3,(H,15,16). The third-order valence-corrected chi connectivity index (χ3v) is 3.45. The zero-order valence-electron chi connectivity index (χ0n) is 9.38. The van der Waals surface area contributed by atoms with Gasteiger partial charge in [0.1, 0.15) is 0 Å². The fourth-order valence-corrected chi connectivity index (χ4v) is 2.38. The summed E-state index contributed by atoms with van der Waals surface area (Å²) in [5.41, 5.74) is 2.40. The van der Waals surface area contributed by atoms with E-state index in [4.69, 9.17) is 5.11 Å². The highest BCUT2D eigenvalue weighted by atomic mass is 32.1. The first-order chi connectivity index (χ1) is 8.15. The summed E-state index contributed by atoms with van der Waals surface area (Å²) in [7, 11) is 0. The third-order valence-electron chi connectivity index (χ3n) is 2.35. The molecule has 2 nitrogen and oxygen atoms in total. The quantitative estimate of drug-likeness (QED) is 0.833. The zero-order chi connectivity index (χ0) is 12.3. The van der Waals surface area contributed by atoms with E-state index in [9.17, 15) is 4.79 Å². The van der Waals surface area contributed by atoms with E-state index < -0.39 is 5.97 Å². The molecule has 1 aromatic heterocycles. The lowest BCUT2D eigenvalue weighted by Crippen LogP contribution is -1.84. The smallest absolute Gasteiger partial charge is 0.328 e. The van der Waals surface area contributed by atoms with Crippen LogP contribution in [0.3, 0.4) is 0 Å². The second-order valence-electron chi connectivity index (χ2n) is 3.74. The van der Waals surface area contributed by atoms with E-state index in [0.29, 0.717) is 0 Å². The van der Waals surface area contributed by atoms with Crippen LogP contribution in [0.5, 0.6) is 0 Å². The highest BCUT2D eigenvalue weighted by molar-refractivity contribution is 7.16. The molecule has 0 radical (unpaired) electrons. The molecule has 86 valence electrons. The predicted molar refractivity (Wildman–Crippen MR) is 71.2 cm³/mol. The Labute approximate surface area is 104 Å². The molecule has 0 aliphatic heterocycles. The highest BCUT2D eigenvalue weighted by Crippen LogP contribution is 2.28. The van der Waals surface area contributed by atoms with Crippen molar-refractivity contribution >= 4 is 23.4 Å². The third kappa shape index (κ3) is 3.04. The maximum absolute atomic E-state index is 10.4. The molecule has 0 saturated heterocycles. The van der Waals surface area contributed by atoms with Gasteiger partial charge in [-0.3, -0.25) is 0 Å². The summed E-state index contributed by atoms with van der Waals surface area (Å²) in [6.45, 7) is 2.05. The van der Waals surface area contributed by atoms with Crippen LogP contribution in [0.15, 0.2) is 42.5 Å². The summed E-state index contributed by atoms with van der Waals surface area (Å²) in [4.78, 5) is 12.5. The van der Waals surface area contributed by atoms with E-state index in [2.05, 4.69) is 31.2 Å². The molecule has 1 heterocycles. The van der Waals surface area contributed by atoms with Crippen molar-refractivity contribution in [1.82, 2.24) is 0 Å². The first-order valence-corrected chi connectivity index (χ1v) is 6.05. The molecule has 0 atom stereocenters. The molecule has 2 aromatic rings. The van der Waals surface area contributed by atoms with Gasteiger partial charge in [0.25, 0.3) is 0 Å². The number of carboxylic acid groups (broad SMARTS) is 1. The summed E-state index contributed by atoms with van der Waals surface area (Å²) in [6.07, 6.45) is 2.77. The number of rotatable bonds is 3. The Balaban J connectivity index is 2.23. The number of hydrogen-bond donors (Lipinski definition) is 1. The Kier molecular flexibility index (Phi) is 3.40. The van der Waals surface area contributed by atoms with Crippen molar-refractivity contribution < 1.29 is 9.90 Å². The van der Waals surface area contributed by atoms with Crippen LogP contribution in [0.4, 0.5) is 0 Å². The molecule has 0 unspecified atom stereocenters. The number of hydrogen-bond acceptors (Lipinski definition) is 2. The summed E-state index contributed by atoms with van der Waals surface area (Å²) in [5.74, 6) is -0.921. The molecule has 0 aliphatic rings. The van der Waals surface area contributed by atoms with Gasteiger partial charge in [-0.1, -0.05) is 29.8 Å². The first kappa shape index (κ1) is 11.6. The van der Waals surface area contributed by atoms with Crippen LogP contribution in [0.1, 0.15) is 10.4 Å². The maximum atomic E-state index is 10.4. The molecule has 0 aliphatic carbocycles. The number of aliphatic carboxylic acids is 1. The molecule has 3 heteroatoms. The predicted octanol–water partition coefficient (Wildman–Crippen LogP) is 3.82. The van der Waals surface area contributed by atoms with Crippen LogP contribution < -0.4 is 0 Å². The van der Waals surface area contributed by atoms with E-state index in [1.165, 1.54) is 5.56 Å². The van der Waals surface area contributed by atoms with Gasteiger partial charge in [-0.05, 0) is 30.7 Å². The zero-order valence-corrected chi connectivity index (χ0v) is 10.2. The fourth-order valence-electron chi connectivity index (χ4n) is 1.47. The second kappa shape index (κ2) is 4.97. The molecule has 1 aromatic carbocycles. The van der Waals surface area contributed by atoms with Gasteiger partial charge in [0.15, 0.2) is 0 Å². The molecule has 0 saturated carbocycles. The Morgan fingerprint density at radius 1 is 1.18 bits per heavy atom. The van der Waals surface area contributed by atoms with Crippen molar-refractivity contribution in [3.05, 3.63) is 52.9 Å². The summed E-state index contributed by atoms with van der Waals surface area (Å²) in [6, 6.07) is 12.2. The van der Waals surface area contributed by atoms with E-state index in [-0.39, 0.29) is 0 Å². The lowest BCUT2D eigenvalue weighted by molar-refractivity contribution is -0.131. The van der Waals surface area contributed by atoms with Gasteiger partial charge in [-0.25, -0.2) is 4.79 Å². The topological polar surface area (TPSA) is 37.3 Å². The molecule has 0 fully saturated rings. The van der Waals surface area contributed by atoms with E-state index in [1.807, 2.05) is 12.1 Å². The Morgan fingerprint density at radius 3 is 2.53 bits per heavy atom. The lowest BCUT2D eigenvalue weighted by atomic mass is 10.1. The van der Waals surface area contributed by atoms with Crippen molar-refractivity contribution in [2.24, 2.45) is 0 Å². The van der Waals surface area contributed by atoms with Crippen LogP contribution in [0.25, 0.3) is 16.5 Å². The molecule has 2 rings (SSSR count). The van der Waals surface area contributed by atoms with E-state index in [1.54, 1.807) is 17.4 Å². The van der Waals surface area contributed by atoms with Crippen molar-refractivity contribution in [2.75, 3.05) is 0 Å². The number of aryl methyl sites for hydroxylation is 1. The molecule has 1 N–H and O–H groups in total. The van der Waals surface area contributed by atoms with Crippen LogP contribution in [0, 0.1) is 6.92 Å². The highest BCUT2D eigenvalue weighted by Gasteiger charge is 2.01. The lowest BCUT2D eigenvalue weighted by Gasteiger charge is -1.97. The number of thiophene rings is 1. The molecular weight excluding hydrogens is 232 g/mol. The van der Waals surface area contributed by atoms with Gasteiger partial charge >= 0.3 is 5.97 Å². The molecule has 0 spiro atoms. The van der Waals surface area contributed by atoms with Crippen LogP contribution >= 0.6 is 11.3 Å². The van der Waals surface area contributed by atoms with Crippen LogP contribution in [0.2, 0.25) is 0 Å². The Morgan fingerprint density at radius 2 is 1.88 bits per heavy atom. The van der Waals surface area contributed by atoms with Gasteiger partial charge in [0.2, 0.25) is 0 Å². The minimum absolute atomic E-state index is 0.921. The summed E-state index contributed by atoms with van der Waals surface area (Å²) >= 11 is 1.58. The first-order valence-electron chi connectivity index (χ1n) is 5.23. The van der Waals surface area contributed by atoms with Crippen molar-refractivity contribution in [2.45, 2.75) is 6.92 Å². The van der Waals surface area contributed by atoms with Gasteiger partial charge in [-0.15, -0.1) is 11.3 Å². The Hall–Kier alpha value is -1.87. The van der Waals surface area contributed by atoms with Gasteiger partial charge in [0, 0.05) is 15.8 Å². The average Bonchev–Trinajstić information content (AvgIpc) is 2.76. The maximum Gasteiger partial charge on any atom is 0.328 e. The van der Waals surface area contributed by atoms with Gasteiger partial charge in [-0.2, -0.15) is 0 Å². The van der Waals surface area contributed by atoms with Crippen molar-refractivity contribution in [1.29, 1.82) is 0 Å². The number of carboxylic acids is 1. The largest absolute Gasteiger partial charge is 0.478 e. The van der Waals surface area contributed by atoms with E-state index in [0.717, 1.165) is 21.4 Å². The summed E-state index contributed by atoms with van der Waals surface area (Å²) in [5, 5.41) is 8.55. The average molecular weight is 244 g/mol. The number of benzene rings is 1. The molecule has 0 amide bonds. The van der Waals surface area contributed by atoms with Crippen molar-refractivity contribution in [3.8, 4) is 10.4 Å². The molecule has 0 bridgehead atoms. The SMILES string of the molecule is Cc1ccc(-c2ccc(C=CC(=O)O)s2)cc1. The second-order valence-corrected chi connectivity index (χ2v) is 4.85. The van der Waals surface area contributed by atoms with Crippen LogP contribution in [-0.2, 0) is 4.79 Å². The molecule has 17 heavy (non-hydrogen) atoms. The Bertz CT molecular complexity index is 550. The van der Waals surface area contributed by atoms with Crippen LogP contribution in [-0.4, -0.2) is 11.1 Å². The molecular formula is C14H12O2S. The van der Waals surface area contributed by atoms with Crippen molar-refractivity contribution in [3.63, 3.8) is 0 Å². The van der Waals surface area contributed by atoms with Gasteiger partial charge in [0.05, 0.1) is 0 Å².